The van der Waals surface area contributed by atoms with Gasteiger partial charge in [-0.2, -0.15) is 0 Å². The highest BCUT2D eigenvalue weighted by molar-refractivity contribution is 8.00. The highest BCUT2D eigenvalue weighted by Gasteiger charge is 2.53. The number of nitro groups is 1. The zero-order valence-electron chi connectivity index (χ0n) is 22.3. The van der Waals surface area contributed by atoms with Crippen molar-refractivity contribution in [2.24, 2.45) is 0 Å². The number of non-ortho nitro benzene ring substituents is 1. The SMILES string of the molecule is O=[N+]([O-])c1ccc(O[C@@H]2O[C@@H](CO)[C@H](O)[C@@H](O[C@@H]3O[C@H](CO)[C@@H](O)[C@H](S[C@@H]4O[C@@H](CO)[C@@H](O)[C@H](O)[C@H]4O)[C@H]3O)[C@@H]2O)cc1. The Bertz CT molecular complexity index is 1050. The van der Waals surface area contributed by atoms with Gasteiger partial charge in [0.25, 0.3) is 5.69 Å². The summed E-state index contributed by atoms with van der Waals surface area (Å²) in [5.74, 6) is 0.0230. The number of nitro benzene ring substituents is 1. The van der Waals surface area contributed by atoms with Crippen LogP contribution >= 0.6 is 11.8 Å². The monoisotopic (exact) mass is 641 g/mol. The highest BCUT2D eigenvalue weighted by atomic mass is 32.2. The summed E-state index contributed by atoms with van der Waals surface area (Å²) in [6, 6.07) is 4.73. The van der Waals surface area contributed by atoms with Gasteiger partial charge in [0, 0.05) is 12.1 Å². The number of aliphatic hydroxyl groups is 10. The second kappa shape index (κ2) is 14.5. The normalized spacial score (nSPS) is 43.7. The molecular weight excluding hydrogens is 606 g/mol. The minimum atomic E-state index is -1.81. The first-order valence-corrected chi connectivity index (χ1v) is 14.1. The zero-order valence-corrected chi connectivity index (χ0v) is 23.1. The largest absolute Gasteiger partial charge is 0.462 e. The fraction of sp³-hybridized carbons (Fsp3) is 0.750. The number of hydrogen-bond donors (Lipinski definition) is 10. The molecule has 0 amide bonds. The van der Waals surface area contributed by atoms with Gasteiger partial charge in [0.05, 0.1) is 36.1 Å². The summed E-state index contributed by atoms with van der Waals surface area (Å²) in [5.41, 5.74) is -1.62. The summed E-state index contributed by atoms with van der Waals surface area (Å²) >= 11 is 0.600. The quantitative estimate of drug-likeness (QED) is 0.0846. The van der Waals surface area contributed by atoms with Crippen molar-refractivity contribution in [3.63, 3.8) is 0 Å². The molecule has 244 valence electrons. The Morgan fingerprint density at radius 3 is 1.84 bits per heavy atom. The van der Waals surface area contributed by atoms with Crippen LogP contribution in [0.25, 0.3) is 0 Å². The number of thioether (sulfide) groups is 1. The number of aliphatic hydroxyl groups excluding tert-OH is 10. The Balaban J connectivity index is 1.52. The predicted molar refractivity (Wildman–Crippen MR) is 139 cm³/mol. The van der Waals surface area contributed by atoms with E-state index in [1.54, 1.807) is 0 Å². The van der Waals surface area contributed by atoms with E-state index in [1.807, 2.05) is 0 Å². The third-order valence-corrected chi connectivity index (χ3v) is 8.90. The molecule has 1 aromatic rings. The van der Waals surface area contributed by atoms with E-state index in [-0.39, 0.29) is 11.4 Å². The molecular formula is C24H35NO17S. The number of benzene rings is 1. The highest BCUT2D eigenvalue weighted by Crippen LogP contribution is 2.39. The van der Waals surface area contributed by atoms with Crippen molar-refractivity contribution in [2.75, 3.05) is 19.8 Å². The van der Waals surface area contributed by atoms with Crippen LogP contribution in [0.1, 0.15) is 0 Å². The van der Waals surface area contributed by atoms with E-state index in [0.717, 1.165) is 12.1 Å². The maximum Gasteiger partial charge on any atom is 0.269 e. The van der Waals surface area contributed by atoms with Crippen LogP contribution in [0.4, 0.5) is 5.69 Å². The lowest BCUT2D eigenvalue weighted by molar-refractivity contribution is -0.384. The lowest BCUT2D eigenvalue weighted by Crippen LogP contribution is -2.65. The van der Waals surface area contributed by atoms with Crippen molar-refractivity contribution < 1.29 is 79.7 Å². The molecule has 0 aromatic heterocycles. The van der Waals surface area contributed by atoms with Crippen LogP contribution in [0.5, 0.6) is 5.75 Å². The van der Waals surface area contributed by atoms with Gasteiger partial charge < -0.3 is 74.7 Å². The van der Waals surface area contributed by atoms with Gasteiger partial charge in [-0.3, -0.25) is 10.1 Å². The Hall–Kier alpha value is -1.79. The maximum absolute atomic E-state index is 11.1. The molecule has 0 aliphatic carbocycles. The second-order valence-corrected chi connectivity index (χ2v) is 11.5. The fourth-order valence-corrected chi connectivity index (χ4v) is 6.37. The first kappa shape index (κ1) is 34.1. The molecule has 18 nitrogen and oxygen atoms in total. The topological polar surface area (TPSA) is 292 Å². The number of rotatable bonds is 10. The van der Waals surface area contributed by atoms with Crippen molar-refractivity contribution in [3.05, 3.63) is 34.4 Å². The van der Waals surface area contributed by atoms with Gasteiger partial charge in [-0.15, -0.1) is 11.8 Å². The Labute approximate surface area is 247 Å². The summed E-state index contributed by atoms with van der Waals surface area (Å²) in [7, 11) is 0. The van der Waals surface area contributed by atoms with E-state index >= 15 is 0 Å². The van der Waals surface area contributed by atoms with E-state index in [1.165, 1.54) is 12.1 Å². The van der Waals surface area contributed by atoms with Gasteiger partial charge in [0.2, 0.25) is 6.29 Å². The molecule has 0 radical (unpaired) electrons. The second-order valence-electron chi connectivity index (χ2n) is 10.2. The summed E-state index contributed by atoms with van der Waals surface area (Å²) < 4.78 is 27.7. The molecule has 3 aliphatic rings. The maximum atomic E-state index is 11.1. The van der Waals surface area contributed by atoms with Crippen LogP contribution in [0.2, 0.25) is 0 Å². The first-order chi connectivity index (χ1) is 20.4. The Kier molecular flexibility index (Phi) is 11.5. The van der Waals surface area contributed by atoms with Gasteiger partial charge >= 0.3 is 0 Å². The van der Waals surface area contributed by atoms with Gasteiger partial charge in [0.1, 0.15) is 72.2 Å². The predicted octanol–water partition coefficient (Wildman–Crippen LogP) is -4.86. The van der Waals surface area contributed by atoms with E-state index in [4.69, 9.17) is 23.7 Å². The molecule has 15 atom stereocenters. The number of ether oxygens (including phenoxy) is 5. The van der Waals surface area contributed by atoms with Gasteiger partial charge in [0.15, 0.2) is 6.29 Å². The van der Waals surface area contributed by atoms with Crippen molar-refractivity contribution in [1.82, 2.24) is 0 Å². The molecule has 4 rings (SSSR count). The van der Waals surface area contributed by atoms with E-state index in [2.05, 4.69) is 0 Å². The molecule has 1 aromatic carbocycles. The van der Waals surface area contributed by atoms with E-state index < -0.39 is 115 Å². The molecule has 3 aliphatic heterocycles. The molecule has 43 heavy (non-hydrogen) atoms. The number of nitrogens with zero attached hydrogens (tertiary/aromatic N) is 1. The molecule has 0 saturated carbocycles. The standard InChI is InChI=1S/C24H35NO17S/c26-5-10-13(29)16(32)17(33)24(41-10)43-21-15(31)12(7-28)40-23(19(21)35)42-20-14(30)11(6-27)39-22(18(20)34)38-9-3-1-8(2-4-9)25(36)37/h1-4,10-24,26-35H,5-7H2/t10-,11-,12+,13+,14-,15+,16-,17+,18-,19+,20+,21-,22+,23-,24-/m0/s1. The average molecular weight is 642 g/mol. The van der Waals surface area contributed by atoms with E-state index in [9.17, 15) is 61.2 Å². The van der Waals surface area contributed by atoms with Crippen molar-refractivity contribution in [3.8, 4) is 5.75 Å². The molecule has 0 spiro atoms. The average Bonchev–Trinajstić information content (AvgIpc) is 2.99. The minimum Gasteiger partial charge on any atom is -0.462 e. The zero-order chi connectivity index (χ0) is 31.6. The summed E-state index contributed by atoms with van der Waals surface area (Å²) in [4.78, 5) is 10.3. The third-order valence-electron chi connectivity index (χ3n) is 7.37. The van der Waals surface area contributed by atoms with E-state index in [0.29, 0.717) is 11.8 Å². The van der Waals surface area contributed by atoms with Gasteiger partial charge in [-0.05, 0) is 12.1 Å². The van der Waals surface area contributed by atoms with Crippen LogP contribution in [0.3, 0.4) is 0 Å². The van der Waals surface area contributed by atoms with Crippen molar-refractivity contribution in [1.29, 1.82) is 0 Å². The smallest absolute Gasteiger partial charge is 0.269 e. The molecule has 3 saturated heterocycles. The summed E-state index contributed by atoms with van der Waals surface area (Å²) in [6.07, 6.45) is -21.1. The van der Waals surface area contributed by atoms with Crippen LogP contribution < -0.4 is 4.74 Å². The fourth-order valence-electron chi connectivity index (χ4n) is 4.91. The lowest BCUT2D eigenvalue weighted by atomic mass is 9.98. The van der Waals surface area contributed by atoms with Gasteiger partial charge in [-0.25, -0.2) is 0 Å². The molecule has 3 fully saturated rings. The number of hydrogen-bond acceptors (Lipinski definition) is 18. The molecule has 3 heterocycles. The minimum absolute atomic E-state index is 0.0230. The molecule has 10 N–H and O–H groups in total. The lowest BCUT2D eigenvalue weighted by Gasteiger charge is -2.48. The Morgan fingerprint density at radius 1 is 0.698 bits per heavy atom. The summed E-state index contributed by atoms with van der Waals surface area (Å²) in [6.45, 7) is -2.28. The van der Waals surface area contributed by atoms with Gasteiger partial charge in [-0.1, -0.05) is 0 Å². The molecule has 19 heteroatoms. The van der Waals surface area contributed by atoms with Crippen LogP contribution in [0, 0.1) is 10.1 Å². The van der Waals surface area contributed by atoms with Crippen LogP contribution in [-0.2, 0) is 18.9 Å². The van der Waals surface area contributed by atoms with Crippen LogP contribution in [-0.4, -0.2) is 166 Å². The van der Waals surface area contributed by atoms with Crippen LogP contribution in [0.15, 0.2) is 24.3 Å². The summed E-state index contributed by atoms with van der Waals surface area (Å²) in [5, 5.41) is 113. The third kappa shape index (κ3) is 7.21. The van der Waals surface area contributed by atoms with Crippen molar-refractivity contribution in [2.45, 2.75) is 90.4 Å². The Morgan fingerprint density at radius 2 is 1.26 bits per heavy atom. The molecule has 0 unspecified atom stereocenters. The molecule has 0 bridgehead atoms. The first-order valence-electron chi connectivity index (χ1n) is 13.2. The van der Waals surface area contributed by atoms with Crippen molar-refractivity contribution >= 4 is 17.4 Å².